The number of aryl methyl sites for hydroxylation is 2. The van der Waals surface area contributed by atoms with Crippen LogP contribution in [-0.2, 0) is 30.8 Å². The Balaban J connectivity index is 1.25. The average molecular weight is 443 g/mol. The highest BCUT2D eigenvalue weighted by atomic mass is 19.1. The summed E-state index contributed by atoms with van der Waals surface area (Å²) in [5.74, 6) is -0.0270. The van der Waals surface area contributed by atoms with Crippen LogP contribution in [0.4, 0.5) is 4.39 Å². The van der Waals surface area contributed by atoms with Crippen molar-refractivity contribution in [2.45, 2.75) is 39.9 Å². The van der Waals surface area contributed by atoms with Gasteiger partial charge in [-0.15, -0.1) is 0 Å². The Morgan fingerprint density at radius 2 is 1.94 bits per heavy atom. The van der Waals surface area contributed by atoms with Crippen molar-refractivity contribution in [1.82, 2.24) is 15.2 Å². The van der Waals surface area contributed by atoms with Crippen molar-refractivity contribution in [2.75, 3.05) is 13.1 Å². The molecule has 0 atom stereocenters. The van der Waals surface area contributed by atoms with Gasteiger partial charge in [-0.2, -0.15) is 0 Å². The molecule has 0 saturated carbocycles. The third-order valence-corrected chi connectivity index (χ3v) is 6.42. The second-order valence-corrected chi connectivity index (χ2v) is 8.88. The predicted molar refractivity (Wildman–Crippen MR) is 127 cm³/mol. The number of pyridine rings is 1. The molecule has 3 aromatic rings. The summed E-state index contributed by atoms with van der Waals surface area (Å²) in [5, 5.41) is 3.37. The van der Waals surface area contributed by atoms with Crippen molar-refractivity contribution in [3.05, 3.63) is 99.1 Å². The van der Waals surface area contributed by atoms with Gasteiger partial charge in [0.15, 0.2) is 0 Å². The molecule has 168 valence electrons. The number of hydrogen-bond donors (Lipinski definition) is 1. The van der Waals surface area contributed by atoms with E-state index in [-0.39, 0.29) is 11.7 Å². The molecule has 0 radical (unpaired) electrons. The molecule has 0 bridgehead atoms. The van der Waals surface area contributed by atoms with E-state index in [1.54, 1.807) is 13.0 Å². The summed E-state index contributed by atoms with van der Waals surface area (Å²) in [6.07, 6.45) is 2.26. The summed E-state index contributed by atoms with van der Waals surface area (Å²) in [4.78, 5) is 23.7. The number of carbonyl (C=O) groups excluding carboxylic acids is 1. The van der Waals surface area contributed by atoms with Crippen LogP contribution in [0.2, 0.25) is 0 Å². The number of hydrogen-bond acceptors (Lipinski definition) is 4. The molecular weight excluding hydrogens is 415 g/mol. The fourth-order valence-corrected chi connectivity index (χ4v) is 4.63. The maximum absolute atomic E-state index is 13.4. The minimum atomic E-state index is -0.185. The van der Waals surface area contributed by atoms with Crippen LogP contribution >= 0.6 is 0 Å². The maximum atomic E-state index is 13.4. The van der Waals surface area contributed by atoms with E-state index >= 15 is 0 Å². The van der Waals surface area contributed by atoms with Gasteiger partial charge < -0.3 is 10.2 Å². The van der Waals surface area contributed by atoms with Crippen molar-refractivity contribution in [2.24, 2.45) is 4.99 Å². The zero-order valence-corrected chi connectivity index (χ0v) is 19.0. The van der Waals surface area contributed by atoms with E-state index in [1.165, 1.54) is 22.8 Å². The molecule has 1 aromatic heterocycles. The summed E-state index contributed by atoms with van der Waals surface area (Å²) >= 11 is 0. The summed E-state index contributed by atoms with van der Waals surface area (Å²) in [6, 6.07) is 13.6. The maximum Gasteiger partial charge on any atom is 0.227 e. The van der Waals surface area contributed by atoms with Crippen molar-refractivity contribution in [3.63, 3.8) is 0 Å². The van der Waals surface area contributed by atoms with Gasteiger partial charge in [-0.05, 0) is 65.9 Å². The molecule has 0 aliphatic carbocycles. The highest BCUT2D eigenvalue weighted by Crippen LogP contribution is 2.30. The van der Waals surface area contributed by atoms with Crippen LogP contribution in [0.15, 0.2) is 53.7 Å². The van der Waals surface area contributed by atoms with Gasteiger partial charge in [-0.25, -0.2) is 4.39 Å². The number of nitrogens with zero attached hydrogens (tertiary/aromatic N) is 3. The predicted octanol–water partition coefficient (Wildman–Crippen LogP) is 3.86. The SMILES string of the molecule is Cc1cc(C2=NCc3cc4c(cc32)CN(CCNCc2ccc(F)c(C)c2)C(=O)C4)ccn1. The highest BCUT2D eigenvalue weighted by Gasteiger charge is 2.27. The van der Waals surface area contributed by atoms with Gasteiger partial charge >= 0.3 is 0 Å². The smallest absolute Gasteiger partial charge is 0.227 e. The minimum absolute atomic E-state index is 0.158. The second kappa shape index (κ2) is 8.87. The Bertz CT molecular complexity index is 1270. The number of fused-ring (bicyclic) bond motifs is 2. The molecule has 1 amide bonds. The van der Waals surface area contributed by atoms with Crippen LogP contribution in [0.25, 0.3) is 0 Å². The number of benzene rings is 2. The van der Waals surface area contributed by atoms with Gasteiger partial charge in [0.25, 0.3) is 0 Å². The molecule has 0 spiro atoms. The number of nitrogens with one attached hydrogen (secondary N) is 1. The third-order valence-electron chi connectivity index (χ3n) is 6.42. The van der Waals surface area contributed by atoms with Crippen molar-refractivity contribution in [3.8, 4) is 0 Å². The topological polar surface area (TPSA) is 57.6 Å². The Morgan fingerprint density at radius 1 is 1.06 bits per heavy atom. The monoisotopic (exact) mass is 442 g/mol. The first kappa shape index (κ1) is 21.5. The van der Waals surface area contributed by atoms with Gasteiger partial charge in [0.1, 0.15) is 5.82 Å². The fraction of sp³-hybridized carbons (Fsp3) is 0.296. The van der Waals surface area contributed by atoms with Crippen LogP contribution in [0.1, 0.15) is 44.6 Å². The number of carbonyl (C=O) groups is 1. The molecule has 3 heterocycles. The first-order valence-electron chi connectivity index (χ1n) is 11.3. The van der Waals surface area contributed by atoms with E-state index in [2.05, 4.69) is 28.5 Å². The molecule has 5 nitrogen and oxygen atoms in total. The third kappa shape index (κ3) is 4.44. The van der Waals surface area contributed by atoms with E-state index in [4.69, 9.17) is 4.99 Å². The molecule has 0 unspecified atom stereocenters. The lowest BCUT2D eigenvalue weighted by molar-refractivity contribution is -0.131. The van der Waals surface area contributed by atoms with Crippen LogP contribution in [-0.4, -0.2) is 34.6 Å². The van der Waals surface area contributed by atoms with E-state index in [9.17, 15) is 9.18 Å². The van der Waals surface area contributed by atoms with Crippen molar-refractivity contribution < 1.29 is 9.18 Å². The molecule has 2 aliphatic rings. The molecule has 1 N–H and O–H groups in total. The Hall–Kier alpha value is -3.38. The number of rotatable bonds is 6. The molecule has 6 heteroatoms. The first-order valence-corrected chi connectivity index (χ1v) is 11.3. The molecule has 0 fully saturated rings. The van der Waals surface area contributed by atoms with Crippen LogP contribution < -0.4 is 5.32 Å². The molecule has 2 aliphatic heterocycles. The van der Waals surface area contributed by atoms with Crippen LogP contribution in [0, 0.1) is 19.7 Å². The Morgan fingerprint density at radius 3 is 2.76 bits per heavy atom. The molecule has 2 aromatic carbocycles. The number of halogens is 1. The van der Waals surface area contributed by atoms with Crippen LogP contribution in [0.3, 0.4) is 0 Å². The number of aromatic nitrogens is 1. The van der Waals surface area contributed by atoms with E-state index in [0.717, 1.165) is 28.1 Å². The Kier molecular flexibility index (Phi) is 5.77. The van der Waals surface area contributed by atoms with Crippen LogP contribution in [0.5, 0.6) is 0 Å². The summed E-state index contributed by atoms with van der Waals surface area (Å²) in [5.41, 5.74) is 9.43. The molecule has 0 saturated heterocycles. The quantitative estimate of drug-likeness (QED) is 0.590. The first-order chi connectivity index (χ1) is 16.0. The molecule has 5 rings (SSSR count). The Labute approximate surface area is 193 Å². The fourth-order valence-electron chi connectivity index (χ4n) is 4.63. The minimum Gasteiger partial charge on any atom is -0.337 e. The van der Waals surface area contributed by atoms with Crippen molar-refractivity contribution >= 4 is 11.6 Å². The number of aliphatic imine (C=N–C) groups is 1. The zero-order chi connectivity index (χ0) is 22.9. The summed E-state index contributed by atoms with van der Waals surface area (Å²) in [6.45, 7) is 7.00. The van der Waals surface area contributed by atoms with Gasteiger partial charge in [0.05, 0.1) is 18.7 Å². The second-order valence-electron chi connectivity index (χ2n) is 8.88. The largest absolute Gasteiger partial charge is 0.337 e. The summed E-state index contributed by atoms with van der Waals surface area (Å²) < 4.78 is 13.4. The lowest BCUT2D eigenvalue weighted by Crippen LogP contribution is -2.40. The van der Waals surface area contributed by atoms with Gasteiger partial charge in [-0.1, -0.05) is 18.2 Å². The van der Waals surface area contributed by atoms with Gasteiger partial charge in [0.2, 0.25) is 5.91 Å². The lowest BCUT2D eigenvalue weighted by Gasteiger charge is -2.29. The van der Waals surface area contributed by atoms with E-state index in [0.29, 0.717) is 44.7 Å². The molecule has 33 heavy (non-hydrogen) atoms. The molecular formula is C27H27FN4O. The number of amides is 1. The average Bonchev–Trinajstić information content (AvgIpc) is 3.20. The van der Waals surface area contributed by atoms with Gasteiger partial charge in [0, 0.05) is 49.2 Å². The zero-order valence-electron chi connectivity index (χ0n) is 19.0. The van der Waals surface area contributed by atoms with Gasteiger partial charge in [-0.3, -0.25) is 14.8 Å². The standard InChI is InChI=1S/C27H27FN4O/c1-17-9-19(3-4-25(17)28)14-29-7-8-32-16-23-12-24-22(11-21(23)13-26(32)33)15-31-27(24)20-5-6-30-18(2)10-20/h3-6,9-12,29H,7-8,13-16H2,1-2H3. The van der Waals surface area contributed by atoms with E-state index < -0.39 is 0 Å². The lowest BCUT2D eigenvalue weighted by atomic mass is 9.91. The summed E-state index contributed by atoms with van der Waals surface area (Å²) in [7, 11) is 0. The highest BCUT2D eigenvalue weighted by molar-refractivity contribution is 6.15. The normalized spacial score (nSPS) is 14.8. The van der Waals surface area contributed by atoms with E-state index in [1.807, 2.05) is 30.2 Å². The van der Waals surface area contributed by atoms with Crippen molar-refractivity contribution in [1.29, 1.82) is 0 Å².